The molecule has 33 heavy (non-hydrogen) atoms. The van der Waals surface area contributed by atoms with Gasteiger partial charge in [-0.25, -0.2) is 17.2 Å². The van der Waals surface area contributed by atoms with Gasteiger partial charge < -0.3 is 5.32 Å². The highest BCUT2D eigenvalue weighted by atomic mass is 32.2. The van der Waals surface area contributed by atoms with Gasteiger partial charge in [-0.3, -0.25) is 4.79 Å². The number of nitrogens with zero attached hydrogens (tertiary/aromatic N) is 3. The molecule has 1 fully saturated rings. The second kappa shape index (κ2) is 9.62. The minimum atomic E-state index is -3.75. The number of carbonyl (C=O) groups excluding carboxylic acids is 1. The van der Waals surface area contributed by atoms with Crippen LogP contribution < -0.4 is 5.32 Å². The van der Waals surface area contributed by atoms with E-state index in [2.05, 4.69) is 22.4 Å². The van der Waals surface area contributed by atoms with Crippen molar-refractivity contribution in [2.75, 3.05) is 11.9 Å². The molecule has 0 saturated carbocycles. The van der Waals surface area contributed by atoms with Crippen LogP contribution in [0.2, 0.25) is 0 Å². The lowest BCUT2D eigenvalue weighted by molar-refractivity contribution is 0.102. The van der Waals surface area contributed by atoms with Crippen molar-refractivity contribution in [2.24, 2.45) is 0 Å². The lowest BCUT2D eigenvalue weighted by Gasteiger charge is -2.22. The number of carbonyl (C=O) groups is 1. The highest BCUT2D eigenvalue weighted by Crippen LogP contribution is 2.38. The van der Waals surface area contributed by atoms with Gasteiger partial charge in [0.25, 0.3) is 5.91 Å². The first-order valence-electron chi connectivity index (χ1n) is 10.5. The number of halogens is 2. The number of nitrogens with one attached hydrogen (secondary N) is 1. The molecule has 1 aromatic heterocycles. The highest BCUT2D eigenvalue weighted by Gasteiger charge is 2.38. The topological polar surface area (TPSA) is 92.3 Å². The fourth-order valence-corrected chi connectivity index (χ4v) is 6.37. The van der Waals surface area contributed by atoms with Crippen molar-refractivity contribution in [3.63, 3.8) is 0 Å². The largest absolute Gasteiger partial charge is 0.317 e. The van der Waals surface area contributed by atoms with E-state index in [1.54, 1.807) is 12.1 Å². The van der Waals surface area contributed by atoms with Crippen LogP contribution in [0.1, 0.15) is 52.6 Å². The maximum absolute atomic E-state index is 13.8. The first kappa shape index (κ1) is 23.4. The molecule has 174 valence electrons. The van der Waals surface area contributed by atoms with Crippen LogP contribution in [0.25, 0.3) is 0 Å². The highest BCUT2D eigenvalue weighted by molar-refractivity contribution is 7.89. The van der Waals surface area contributed by atoms with Gasteiger partial charge in [0, 0.05) is 12.6 Å². The molecule has 0 aliphatic carbocycles. The zero-order valence-corrected chi connectivity index (χ0v) is 19.4. The third kappa shape index (κ3) is 4.94. The van der Waals surface area contributed by atoms with Crippen LogP contribution in [-0.4, -0.2) is 35.4 Å². The van der Waals surface area contributed by atoms with E-state index in [0.29, 0.717) is 30.5 Å². The molecule has 11 heteroatoms. The Labute approximate surface area is 194 Å². The number of hydrogen-bond acceptors (Lipinski definition) is 6. The predicted molar refractivity (Wildman–Crippen MR) is 121 cm³/mol. The van der Waals surface area contributed by atoms with Crippen LogP contribution in [0, 0.1) is 11.6 Å². The maximum atomic E-state index is 13.8. The summed E-state index contributed by atoms with van der Waals surface area (Å²) >= 11 is 0.954. The summed E-state index contributed by atoms with van der Waals surface area (Å²) in [5.41, 5.74) is 0.890. The number of aryl methyl sites for hydroxylation is 1. The minimum absolute atomic E-state index is 0.0399. The van der Waals surface area contributed by atoms with Gasteiger partial charge in [-0.1, -0.05) is 36.8 Å². The van der Waals surface area contributed by atoms with E-state index >= 15 is 0 Å². The van der Waals surface area contributed by atoms with Crippen molar-refractivity contribution in [1.29, 1.82) is 0 Å². The van der Waals surface area contributed by atoms with Crippen molar-refractivity contribution >= 4 is 33.0 Å². The maximum Gasteiger partial charge on any atom is 0.286 e. The summed E-state index contributed by atoms with van der Waals surface area (Å²) in [6, 6.07) is 9.15. The molecule has 0 spiro atoms. The Morgan fingerprint density at radius 1 is 1.18 bits per heavy atom. The van der Waals surface area contributed by atoms with Gasteiger partial charge in [0.1, 0.15) is 16.6 Å². The second-order valence-electron chi connectivity index (χ2n) is 7.69. The smallest absolute Gasteiger partial charge is 0.286 e. The zero-order chi connectivity index (χ0) is 23.6. The summed E-state index contributed by atoms with van der Waals surface area (Å²) in [6.45, 7) is 2.40. The molecule has 2 aromatic carbocycles. The molecule has 1 amide bonds. The van der Waals surface area contributed by atoms with Crippen LogP contribution >= 0.6 is 11.3 Å². The molecule has 7 nitrogen and oxygen atoms in total. The first-order valence-corrected chi connectivity index (χ1v) is 12.8. The molecule has 0 bridgehead atoms. The Kier molecular flexibility index (Phi) is 6.82. The van der Waals surface area contributed by atoms with Crippen molar-refractivity contribution in [3.8, 4) is 0 Å². The summed E-state index contributed by atoms with van der Waals surface area (Å²) < 4.78 is 54.8. The van der Waals surface area contributed by atoms with E-state index in [9.17, 15) is 22.0 Å². The molecule has 2 heterocycles. The van der Waals surface area contributed by atoms with Gasteiger partial charge in [0.2, 0.25) is 15.0 Å². The van der Waals surface area contributed by atoms with Crippen LogP contribution in [0.3, 0.4) is 0 Å². The minimum Gasteiger partial charge on any atom is -0.317 e. The van der Waals surface area contributed by atoms with E-state index in [0.717, 1.165) is 41.9 Å². The number of amides is 1. The lowest BCUT2D eigenvalue weighted by atomic mass is 10.1. The van der Waals surface area contributed by atoms with E-state index in [4.69, 9.17) is 0 Å². The lowest BCUT2D eigenvalue weighted by Crippen LogP contribution is -2.30. The van der Waals surface area contributed by atoms with E-state index < -0.39 is 33.6 Å². The summed E-state index contributed by atoms with van der Waals surface area (Å²) in [6.07, 6.45) is 3.06. The fourth-order valence-electron chi connectivity index (χ4n) is 3.75. The quantitative estimate of drug-likeness (QED) is 0.523. The third-order valence-electron chi connectivity index (χ3n) is 5.37. The number of hydrogen-bond donors (Lipinski definition) is 1. The van der Waals surface area contributed by atoms with Crippen LogP contribution in [0.4, 0.5) is 14.5 Å². The standard InChI is InChI=1S/C22H22F2N4O3S2/c1-2-4-14-6-9-16(10-7-14)33(30,31)28-12-3-5-19(28)21-26-27-22(32-21)20(29)25-18-11-8-15(23)13-17(18)24/h6-11,13,19H,2-5,12H2,1H3,(H,25,29). The van der Waals surface area contributed by atoms with E-state index in [1.807, 2.05) is 12.1 Å². The van der Waals surface area contributed by atoms with Gasteiger partial charge in [-0.2, -0.15) is 4.31 Å². The SMILES string of the molecule is CCCc1ccc(S(=O)(=O)N2CCCC2c2nnc(C(=O)Nc3ccc(F)cc3F)s2)cc1. The summed E-state index contributed by atoms with van der Waals surface area (Å²) in [7, 11) is -3.75. The number of benzene rings is 2. The van der Waals surface area contributed by atoms with Gasteiger partial charge >= 0.3 is 0 Å². The van der Waals surface area contributed by atoms with Crippen LogP contribution in [-0.2, 0) is 16.4 Å². The summed E-state index contributed by atoms with van der Waals surface area (Å²) in [4.78, 5) is 12.7. The second-order valence-corrected chi connectivity index (χ2v) is 10.6. The molecule has 1 atom stereocenters. The zero-order valence-electron chi connectivity index (χ0n) is 17.8. The van der Waals surface area contributed by atoms with Crippen LogP contribution in [0.5, 0.6) is 0 Å². The Hall–Kier alpha value is -2.76. The molecule has 3 aromatic rings. The van der Waals surface area contributed by atoms with Gasteiger partial charge in [-0.05, 0) is 49.1 Å². The van der Waals surface area contributed by atoms with Crippen molar-refractivity contribution < 1.29 is 22.0 Å². The van der Waals surface area contributed by atoms with E-state index in [-0.39, 0.29) is 15.6 Å². The average molecular weight is 493 g/mol. The molecule has 1 N–H and O–H groups in total. The molecule has 1 aliphatic heterocycles. The summed E-state index contributed by atoms with van der Waals surface area (Å²) in [5, 5.41) is 10.6. The van der Waals surface area contributed by atoms with Crippen molar-refractivity contribution in [3.05, 3.63) is 69.7 Å². The first-order chi connectivity index (χ1) is 15.8. The Morgan fingerprint density at radius 2 is 1.94 bits per heavy atom. The third-order valence-corrected chi connectivity index (χ3v) is 8.32. The van der Waals surface area contributed by atoms with Gasteiger partial charge in [-0.15, -0.1) is 10.2 Å². The average Bonchev–Trinajstić information content (AvgIpc) is 3.46. The number of sulfonamides is 1. The number of anilines is 1. The summed E-state index contributed by atoms with van der Waals surface area (Å²) in [5.74, 6) is -2.37. The molecule has 1 saturated heterocycles. The molecule has 0 radical (unpaired) electrons. The van der Waals surface area contributed by atoms with Crippen molar-refractivity contribution in [2.45, 2.75) is 43.5 Å². The van der Waals surface area contributed by atoms with Gasteiger partial charge in [0.05, 0.1) is 16.6 Å². The van der Waals surface area contributed by atoms with E-state index in [1.165, 1.54) is 4.31 Å². The fraction of sp³-hybridized carbons (Fsp3) is 0.318. The normalized spacial score (nSPS) is 16.8. The molecular formula is C22H22F2N4O3S2. The Morgan fingerprint density at radius 3 is 2.64 bits per heavy atom. The van der Waals surface area contributed by atoms with Crippen LogP contribution in [0.15, 0.2) is 47.4 Å². The number of aromatic nitrogens is 2. The molecule has 1 unspecified atom stereocenters. The monoisotopic (exact) mass is 492 g/mol. The number of rotatable bonds is 7. The molecular weight excluding hydrogens is 470 g/mol. The van der Waals surface area contributed by atoms with Crippen molar-refractivity contribution in [1.82, 2.24) is 14.5 Å². The van der Waals surface area contributed by atoms with Gasteiger partial charge in [0.15, 0.2) is 0 Å². The molecule has 4 rings (SSSR count). The predicted octanol–water partition coefficient (Wildman–Crippen LogP) is 4.55. The Balaban J connectivity index is 1.52. The molecule has 1 aliphatic rings. The Bertz CT molecular complexity index is 1260.